The van der Waals surface area contributed by atoms with Crippen molar-refractivity contribution >= 4 is 29.1 Å². The number of thiazole rings is 1. The van der Waals surface area contributed by atoms with Crippen LogP contribution in [-0.4, -0.2) is 41.2 Å². The van der Waals surface area contributed by atoms with Gasteiger partial charge in [-0.25, -0.2) is 4.98 Å². The molecule has 0 spiro atoms. The lowest BCUT2D eigenvalue weighted by molar-refractivity contribution is 0.0693. The number of imide groups is 1. The summed E-state index contributed by atoms with van der Waals surface area (Å²) in [6, 6.07) is 4.56. The summed E-state index contributed by atoms with van der Waals surface area (Å²) in [5.74, 6) is -0.983. The number of carbonyl (C=O) groups is 3. The van der Waals surface area contributed by atoms with Crippen molar-refractivity contribution in [3.63, 3.8) is 0 Å². The monoisotopic (exact) mass is 329 g/mol. The van der Waals surface area contributed by atoms with Gasteiger partial charge >= 0.3 is 0 Å². The average molecular weight is 329 g/mol. The summed E-state index contributed by atoms with van der Waals surface area (Å²) in [6.07, 6.45) is 0.654. The van der Waals surface area contributed by atoms with Crippen molar-refractivity contribution in [2.24, 2.45) is 0 Å². The zero-order chi connectivity index (χ0) is 16.6. The van der Waals surface area contributed by atoms with E-state index in [-0.39, 0.29) is 23.3 Å². The number of hydrogen-bond acceptors (Lipinski definition) is 5. The van der Waals surface area contributed by atoms with E-state index in [1.54, 1.807) is 17.4 Å². The largest absolute Gasteiger partial charge is 0.352 e. The van der Waals surface area contributed by atoms with E-state index >= 15 is 0 Å². The van der Waals surface area contributed by atoms with Gasteiger partial charge in [-0.15, -0.1) is 11.3 Å². The van der Waals surface area contributed by atoms with Crippen LogP contribution in [0, 0.1) is 6.92 Å². The maximum absolute atomic E-state index is 12.2. The second-order valence-electron chi connectivity index (χ2n) is 5.29. The third-order valence-corrected chi connectivity index (χ3v) is 4.51. The van der Waals surface area contributed by atoms with Crippen molar-refractivity contribution in [2.45, 2.75) is 13.3 Å². The number of nitrogens with one attached hydrogen (secondary N) is 1. The van der Waals surface area contributed by atoms with Gasteiger partial charge in [-0.2, -0.15) is 0 Å². The molecule has 3 rings (SSSR count). The Labute approximate surface area is 137 Å². The minimum atomic E-state index is -0.377. The Morgan fingerprint density at radius 3 is 2.70 bits per heavy atom. The molecule has 118 valence electrons. The van der Waals surface area contributed by atoms with E-state index < -0.39 is 0 Å². The molecule has 7 heteroatoms. The Morgan fingerprint density at radius 1 is 1.26 bits per heavy atom. The van der Waals surface area contributed by atoms with Crippen LogP contribution in [0.25, 0.3) is 0 Å². The lowest BCUT2D eigenvalue weighted by atomic mass is 10.1. The topological polar surface area (TPSA) is 79.4 Å². The van der Waals surface area contributed by atoms with Gasteiger partial charge in [0.05, 0.1) is 21.8 Å². The summed E-state index contributed by atoms with van der Waals surface area (Å²) in [4.78, 5) is 41.3. The smallest absolute Gasteiger partial charge is 0.261 e. The number of amides is 3. The van der Waals surface area contributed by atoms with Crippen molar-refractivity contribution in [2.75, 3.05) is 13.6 Å². The van der Waals surface area contributed by atoms with Crippen LogP contribution < -0.4 is 5.32 Å². The zero-order valence-electron chi connectivity index (χ0n) is 12.8. The van der Waals surface area contributed by atoms with Gasteiger partial charge in [-0.05, 0) is 25.1 Å². The fourth-order valence-electron chi connectivity index (χ4n) is 2.43. The number of nitrogens with zero attached hydrogens (tertiary/aromatic N) is 2. The molecule has 1 aliphatic rings. The van der Waals surface area contributed by atoms with Gasteiger partial charge < -0.3 is 5.32 Å². The Balaban J connectivity index is 1.67. The predicted octanol–water partition coefficient (Wildman–Crippen LogP) is 1.65. The lowest BCUT2D eigenvalue weighted by Gasteiger charge is -2.05. The van der Waals surface area contributed by atoms with Crippen LogP contribution in [0.3, 0.4) is 0 Å². The standard InChI is InChI=1S/C16H15N3O3S/c1-9-18-11(8-23-9)5-6-17-14(20)10-3-4-12-13(7-10)16(22)19(2)15(12)21/h3-4,7-8H,5-6H2,1-2H3,(H,17,20). The molecular weight excluding hydrogens is 314 g/mol. The number of benzene rings is 1. The molecule has 0 saturated carbocycles. The Kier molecular flexibility index (Phi) is 3.96. The van der Waals surface area contributed by atoms with Gasteiger partial charge in [-0.3, -0.25) is 19.3 Å². The fourth-order valence-corrected chi connectivity index (χ4v) is 3.08. The summed E-state index contributed by atoms with van der Waals surface area (Å²) in [7, 11) is 1.43. The van der Waals surface area contributed by atoms with Gasteiger partial charge in [0, 0.05) is 31.0 Å². The highest BCUT2D eigenvalue weighted by Crippen LogP contribution is 2.22. The number of hydrogen-bond donors (Lipinski definition) is 1. The van der Waals surface area contributed by atoms with Crippen LogP contribution in [0.1, 0.15) is 41.8 Å². The van der Waals surface area contributed by atoms with Crippen LogP contribution in [-0.2, 0) is 6.42 Å². The molecule has 0 aliphatic carbocycles. The summed E-state index contributed by atoms with van der Waals surface area (Å²) in [5, 5.41) is 5.77. The van der Waals surface area contributed by atoms with Gasteiger partial charge in [-0.1, -0.05) is 0 Å². The van der Waals surface area contributed by atoms with Crippen molar-refractivity contribution < 1.29 is 14.4 Å². The van der Waals surface area contributed by atoms with E-state index in [0.717, 1.165) is 15.6 Å². The number of rotatable bonds is 4. The maximum atomic E-state index is 12.2. The van der Waals surface area contributed by atoms with Gasteiger partial charge in [0.1, 0.15) is 0 Å². The summed E-state index contributed by atoms with van der Waals surface area (Å²) in [6.45, 7) is 2.40. The second kappa shape index (κ2) is 5.92. The SMILES string of the molecule is Cc1nc(CCNC(=O)c2ccc3c(c2)C(=O)N(C)C3=O)cs1. The lowest BCUT2D eigenvalue weighted by Crippen LogP contribution is -2.26. The Hall–Kier alpha value is -2.54. The normalized spacial score (nSPS) is 13.4. The molecule has 0 saturated heterocycles. The molecule has 2 aromatic rings. The van der Waals surface area contributed by atoms with Crippen LogP contribution in [0.15, 0.2) is 23.6 Å². The molecule has 1 N–H and O–H groups in total. The molecule has 1 aliphatic heterocycles. The highest BCUT2D eigenvalue weighted by Gasteiger charge is 2.33. The first-order valence-electron chi connectivity index (χ1n) is 7.13. The van der Waals surface area contributed by atoms with Crippen molar-refractivity contribution in [1.29, 1.82) is 0 Å². The first kappa shape index (κ1) is 15.4. The third-order valence-electron chi connectivity index (χ3n) is 3.69. The van der Waals surface area contributed by atoms with E-state index in [1.165, 1.54) is 19.2 Å². The van der Waals surface area contributed by atoms with E-state index in [4.69, 9.17) is 0 Å². The summed E-state index contributed by atoms with van der Waals surface area (Å²) in [5.41, 5.74) is 1.94. The van der Waals surface area contributed by atoms with Gasteiger partial charge in [0.2, 0.25) is 0 Å². The van der Waals surface area contributed by atoms with E-state index in [9.17, 15) is 14.4 Å². The third kappa shape index (κ3) is 2.87. The maximum Gasteiger partial charge on any atom is 0.261 e. The van der Waals surface area contributed by atoms with Crippen molar-refractivity contribution in [3.8, 4) is 0 Å². The minimum absolute atomic E-state index is 0.269. The molecule has 0 radical (unpaired) electrons. The van der Waals surface area contributed by atoms with Gasteiger partial charge in [0.15, 0.2) is 0 Å². The molecule has 3 amide bonds. The predicted molar refractivity (Wildman–Crippen MR) is 85.8 cm³/mol. The molecule has 23 heavy (non-hydrogen) atoms. The first-order valence-corrected chi connectivity index (χ1v) is 8.01. The molecule has 6 nitrogen and oxygen atoms in total. The first-order chi connectivity index (χ1) is 11.0. The highest BCUT2D eigenvalue weighted by atomic mass is 32.1. The molecule has 0 bridgehead atoms. The molecule has 2 heterocycles. The summed E-state index contributed by atoms with van der Waals surface area (Å²) < 4.78 is 0. The van der Waals surface area contributed by atoms with Crippen LogP contribution in [0.2, 0.25) is 0 Å². The quantitative estimate of drug-likeness (QED) is 0.865. The van der Waals surface area contributed by atoms with E-state index in [2.05, 4.69) is 10.3 Å². The molecule has 1 aromatic heterocycles. The Bertz CT molecular complexity index is 813. The van der Waals surface area contributed by atoms with Gasteiger partial charge in [0.25, 0.3) is 17.7 Å². The number of aryl methyl sites for hydroxylation is 1. The minimum Gasteiger partial charge on any atom is -0.352 e. The fraction of sp³-hybridized carbons (Fsp3) is 0.250. The second-order valence-corrected chi connectivity index (χ2v) is 6.36. The van der Waals surface area contributed by atoms with Crippen LogP contribution in [0.4, 0.5) is 0 Å². The molecular formula is C16H15N3O3S. The number of fused-ring (bicyclic) bond motifs is 1. The molecule has 0 atom stereocenters. The van der Waals surface area contributed by atoms with Crippen molar-refractivity contribution in [3.05, 3.63) is 51.0 Å². The van der Waals surface area contributed by atoms with Crippen LogP contribution >= 0.6 is 11.3 Å². The van der Waals surface area contributed by atoms with Crippen LogP contribution in [0.5, 0.6) is 0 Å². The number of carbonyl (C=O) groups excluding carboxylic acids is 3. The summed E-state index contributed by atoms with van der Waals surface area (Å²) >= 11 is 1.58. The zero-order valence-corrected chi connectivity index (χ0v) is 13.6. The molecule has 1 aromatic carbocycles. The number of aromatic nitrogens is 1. The van der Waals surface area contributed by atoms with Crippen molar-refractivity contribution in [1.82, 2.24) is 15.2 Å². The molecule has 0 fully saturated rings. The van der Waals surface area contributed by atoms with E-state index in [1.807, 2.05) is 12.3 Å². The Morgan fingerprint density at radius 2 is 2.00 bits per heavy atom. The molecule has 0 unspecified atom stereocenters. The van der Waals surface area contributed by atoms with E-state index in [0.29, 0.717) is 24.1 Å². The highest BCUT2D eigenvalue weighted by molar-refractivity contribution is 7.09. The average Bonchev–Trinajstić information content (AvgIpc) is 3.05.